The predicted octanol–water partition coefficient (Wildman–Crippen LogP) is 0.415. The fourth-order valence-corrected chi connectivity index (χ4v) is 8.28. The predicted molar refractivity (Wildman–Crippen MR) is 147 cm³/mol. The number of esters is 3. The lowest BCUT2D eigenvalue weighted by atomic mass is 9.44. The number of carbonyl (C=O) groups excluding carboxylic acids is 3. The van der Waals surface area contributed by atoms with E-state index in [1.165, 1.54) is 46.8 Å². The van der Waals surface area contributed by atoms with Crippen molar-refractivity contribution in [2.75, 3.05) is 6.61 Å². The number of ether oxygens (including phenoxy) is 4. The van der Waals surface area contributed by atoms with E-state index < -0.39 is 88.6 Å². The van der Waals surface area contributed by atoms with Gasteiger partial charge in [-0.1, -0.05) is 39.0 Å². The largest absolute Gasteiger partial charge is 0.455 e. The van der Waals surface area contributed by atoms with Crippen molar-refractivity contribution in [1.29, 1.82) is 0 Å². The lowest BCUT2D eigenvalue weighted by molar-refractivity contribution is -0.370. The van der Waals surface area contributed by atoms with Crippen LogP contribution in [-0.2, 0) is 28.5 Å². The van der Waals surface area contributed by atoms with Crippen molar-refractivity contribution >= 4 is 17.9 Å². The molecule has 0 amide bonds. The molecule has 1 unspecified atom stereocenters. The number of rotatable bonds is 4. The van der Waals surface area contributed by atoms with Crippen LogP contribution >= 0.6 is 0 Å². The number of fused-ring (bicyclic) bond motifs is 5. The van der Waals surface area contributed by atoms with Gasteiger partial charge in [-0.25, -0.2) is 4.79 Å². The summed E-state index contributed by atoms with van der Waals surface area (Å²) < 4.78 is 23.5. The first-order valence-corrected chi connectivity index (χ1v) is 14.4. The molecule has 4 aliphatic rings. The van der Waals surface area contributed by atoms with E-state index in [2.05, 4.69) is 0 Å². The Morgan fingerprint density at radius 3 is 2.09 bits per heavy atom. The van der Waals surface area contributed by atoms with Gasteiger partial charge >= 0.3 is 17.9 Å². The SMILES string of the molecule is CC(=O)O[C@@H]1C2=C(C)[C@@H](O)[C@H](O)[C@@](O)([C@@H](OC(=O)c3ccccc3)C3[C@@](C)([C@@H](O)C[C@H]4OC[C@@]34OC(C)=O)[C@H]1O)C2(C)C. The molecular weight excluding hydrogens is 564 g/mol. The second-order valence-electron chi connectivity index (χ2n) is 13.0. The Labute approximate surface area is 249 Å². The van der Waals surface area contributed by atoms with E-state index >= 15 is 0 Å². The van der Waals surface area contributed by atoms with Crippen LogP contribution in [0.3, 0.4) is 0 Å². The third-order valence-electron chi connectivity index (χ3n) is 10.5. The monoisotopic (exact) mass is 604 g/mol. The lowest BCUT2D eigenvalue weighted by Gasteiger charge is -2.69. The van der Waals surface area contributed by atoms with Gasteiger partial charge in [-0.05, 0) is 30.2 Å². The number of aliphatic hydroxyl groups is 5. The summed E-state index contributed by atoms with van der Waals surface area (Å²) in [4.78, 5) is 38.8. The van der Waals surface area contributed by atoms with Crippen molar-refractivity contribution < 1.29 is 58.9 Å². The summed E-state index contributed by atoms with van der Waals surface area (Å²) in [5, 5.41) is 60.0. The Morgan fingerprint density at radius 1 is 0.930 bits per heavy atom. The van der Waals surface area contributed by atoms with Crippen LogP contribution in [0.25, 0.3) is 0 Å². The van der Waals surface area contributed by atoms with Gasteiger partial charge < -0.3 is 44.5 Å². The standard InChI is InChI=1S/C31H40O12/c1-14-20-22(41-15(2)32)25(37)29(6)18(34)12-19-30(13-40-19,43-16(3)33)23(29)26(42-27(38)17-10-8-7-9-11-17)31(39,28(20,4)5)24(36)21(14)35/h7-11,18-19,21-26,34-37,39H,12-13H2,1-6H3/t18-,19+,21+,22+,23?,24-,25-,26-,29+,30-,31+/m0/s1. The summed E-state index contributed by atoms with van der Waals surface area (Å²) in [6.07, 6.45) is -11.3. The van der Waals surface area contributed by atoms with E-state index in [4.69, 9.17) is 18.9 Å². The molecule has 0 spiro atoms. The van der Waals surface area contributed by atoms with E-state index in [9.17, 15) is 39.9 Å². The van der Waals surface area contributed by atoms with Gasteiger partial charge in [0.15, 0.2) is 11.7 Å². The second-order valence-corrected chi connectivity index (χ2v) is 13.0. The molecule has 1 aromatic carbocycles. The van der Waals surface area contributed by atoms with Gasteiger partial charge in [-0.15, -0.1) is 0 Å². The maximum absolute atomic E-state index is 13.7. The molecule has 2 bridgehead atoms. The number of aliphatic hydroxyl groups excluding tert-OH is 4. The Kier molecular flexibility index (Phi) is 7.60. The molecule has 1 heterocycles. The molecule has 43 heavy (non-hydrogen) atoms. The van der Waals surface area contributed by atoms with Gasteiger partial charge in [0.1, 0.15) is 36.1 Å². The van der Waals surface area contributed by atoms with E-state index in [-0.39, 0.29) is 29.7 Å². The Morgan fingerprint density at radius 2 is 1.56 bits per heavy atom. The first-order valence-electron chi connectivity index (χ1n) is 14.4. The summed E-state index contributed by atoms with van der Waals surface area (Å²) in [6.45, 7) is 8.04. The summed E-state index contributed by atoms with van der Waals surface area (Å²) in [5.41, 5.74) is -7.35. The van der Waals surface area contributed by atoms with E-state index in [1.807, 2.05) is 0 Å². The molecule has 1 aliphatic heterocycles. The smallest absolute Gasteiger partial charge is 0.338 e. The van der Waals surface area contributed by atoms with Crippen LogP contribution in [0, 0.1) is 16.7 Å². The van der Waals surface area contributed by atoms with Crippen molar-refractivity contribution in [2.24, 2.45) is 16.7 Å². The van der Waals surface area contributed by atoms with Crippen LogP contribution in [0.5, 0.6) is 0 Å². The fraction of sp³-hybridized carbons (Fsp3) is 0.645. The molecule has 1 saturated heterocycles. The van der Waals surface area contributed by atoms with Crippen molar-refractivity contribution in [3.63, 3.8) is 0 Å². The zero-order valence-corrected chi connectivity index (χ0v) is 25.0. The van der Waals surface area contributed by atoms with Crippen molar-refractivity contribution in [3.8, 4) is 0 Å². The van der Waals surface area contributed by atoms with Crippen molar-refractivity contribution in [2.45, 2.75) is 102 Å². The maximum Gasteiger partial charge on any atom is 0.338 e. The van der Waals surface area contributed by atoms with Crippen LogP contribution in [0.15, 0.2) is 41.5 Å². The first-order chi connectivity index (χ1) is 20.0. The average Bonchev–Trinajstić information content (AvgIpc) is 2.93. The second kappa shape index (κ2) is 10.4. The summed E-state index contributed by atoms with van der Waals surface area (Å²) in [6, 6.07) is 7.87. The minimum Gasteiger partial charge on any atom is -0.455 e. The minimum absolute atomic E-state index is 0.0941. The van der Waals surface area contributed by atoms with E-state index in [0.717, 1.165) is 6.92 Å². The van der Waals surface area contributed by atoms with Gasteiger partial charge in [0, 0.05) is 31.1 Å². The minimum atomic E-state index is -2.56. The summed E-state index contributed by atoms with van der Waals surface area (Å²) in [7, 11) is 0. The Balaban J connectivity index is 1.87. The van der Waals surface area contributed by atoms with E-state index in [0.29, 0.717) is 0 Å². The van der Waals surface area contributed by atoms with Gasteiger partial charge in [0.05, 0.1) is 24.2 Å². The fourth-order valence-electron chi connectivity index (χ4n) is 8.28. The molecule has 2 saturated carbocycles. The number of hydrogen-bond acceptors (Lipinski definition) is 12. The van der Waals surface area contributed by atoms with Crippen molar-refractivity contribution in [3.05, 3.63) is 47.0 Å². The van der Waals surface area contributed by atoms with E-state index in [1.54, 1.807) is 18.2 Å². The van der Waals surface area contributed by atoms with Crippen LogP contribution in [-0.4, -0.2) is 104 Å². The average molecular weight is 605 g/mol. The summed E-state index contributed by atoms with van der Waals surface area (Å²) >= 11 is 0. The Bertz CT molecular complexity index is 1340. The van der Waals surface area contributed by atoms with Gasteiger partial charge in [-0.2, -0.15) is 0 Å². The molecule has 5 rings (SSSR count). The summed E-state index contributed by atoms with van der Waals surface area (Å²) in [5.74, 6) is -3.88. The number of hydrogen-bond donors (Lipinski definition) is 5. The highest BCUT2D eigenvalue weighted by atomic mass is 16.6. The highest BCUT2D eigenvalue weighted by molar-refractivity contribution is 5.89. The molecular formula is C31H40O12. The highest BCUT2D eigenvalue weighted by Gasteiger charge is 2.79. The van der Waals surface area contributed by atoms with Crippen LogP contribution < -0.4 is 0 Å². The third kappa shape index (κ3) is 4.22. The van der Waals surface area contributed by atoms with Gasteiger partial charge in [-0.3, -0.25) is 9.59 Å². The van der Waals surface area contributed by atoms with Gasteiger partial charge in [0.2, 0.25) is 0 Å². The third-order valence-corrected chi connectivity index (χ3v) is 10.5. The normalized spacial score (nSPS) is 43.1. The zero-order valence-electron chi connectivity index (χ0n) is 25.0. The molecule has 3 aliphatic carbocycles. The Hall–Kier alpha value is -2.87. The maximum atomic E-state index is 13.7. The van der Waals surface area contributed by atoms with Gasteiger partial charge in [0.25, 0.3) is 0 Å². The molecule has 236 valence electrons. The highest BCUT2D eigenvalue weighted by Crippen LogP contribution is 2.65. The van der Waals surface area contributed by atoms with Crippen LogP contribution in [0.4, 0.5) is 0 Å². The lowest BCUT2D eigenvalue weighted by Crippen LogP contribution is -2.84. The molecule has 11 atom stereocenters. The molecule has 0 aromatic heterocycles. The molecule has 1 aromatic rings. The molecule has 3 fully saturated rings. The molecule has 12 nitrogen and oxygen atoms in total. The molecule has 0 radical (unpaired) electrons. The molecule has 12 heteroatoms. The number of carbonyl (C=O) groups is 3. The first kappa shape index (κ1) is 31.6. The van der Waals surface area contributed by atoms with Crippen LogP contribution in [0.2, 0.25) is 0 Å². The topological polar surface area (TPSA) is 189 Å². The van der Waals surface area contributed by atoms with Crippen LogP contribution in [0.1, 0.15) is 58.3 Å². The van der Waals surface area contributed by atoms with Crippen molar-refractivity contribution in [1.82, 2.24) is 0 Å². The number of benzene rings is 1. The zero-order chi connectivity index (χ0) is 31.9. The molecule has 5 N–H and O–H groups in total. The quantitative estimate of drug-likeness (QED) is 0.181.